The van der Waals surface area contributed by atoms with Gasteiger partial charge in [-0.3, -0.25) is 14.4 Å². The van der Waals surface area contributed by atoms with Crippen molar-refractivity contribution in [3.8, 4) is 23.0 Å². The molecule has 1 saturated heterocycles. The molecule has 6 rings (SSSR count). The van der Waals surface area contributed by atoms with Crippen LogP contribution in [0, 0.1) is 0 Å². The fourth-order valence-corrected chi connectivity index (χ4v) is 7.30. The van der Waals surface area contributed by atoms with Gasteiger partial charge in [-0.15, -0.1) is 0 Å². The largest absolute Gasteiger partial charge is 0.496 e. The van der Waals surface area contributed by atoms with Gasteiger partial charge in [-0.25, -0.2) is 18.2 Å². The summed E-state index contributed by atoms with van der Waals surface area (Å²) in [7, 11) is -0.709. The van der Waals surface area contributed by atoms with Gasteiger partial charge in [-0.2, -0.15) is 0 Å². The molecule has 5 N–H and O–H groups in total. The normalized spacial score (nSPS) is 13.8. The van der Waals surface area contributed by atoms with Crippen molar-refractivity contribution in [2.24, 2.45) is 0 Å². The number of morpholine rings is 1. The molecule has 0 spiro atoms. The third-order valence-corrected chi connectivity index (χ3v) is 10.5. The van der Waals surface area contributed by atoms with E-state index < -0.39 is 16.1 Å². The minimum Gasteiger partial charge on any atom is -0.496 e. The molecule has 5 aromatic rings. The van der Waals surface area contributed by atoms with Gasteiger partial charge in [-0.1, -0.05) is 45.0 Å². The molecule has 1 aliphatic heterocycles. The van der Waals surface area contributed by atoms with Gasteiger partial charge < -0.3 is 40.2 Å². The smallest absolute Gasteiger partial charge is 0.323 e. The number of ether oxygens (including phenoxy) is 4. The zero-order valence-electron chi connectivity index (χ0n) is 35.0. The predicted octanol–water partition coefficient (Wildman–Crippen LogP) is 7.94. The minimum absolute atomic E-state index is 0.0197. The standard InChI is InChI=1S/C44H53N7O8S/c1-28(17-19-51-20-22-58-23-21-51)46-42(52)34-13-12-30(26-39(34)56-5)47-40-27-31(16-18-45-40)59-38-15-14-35(32-10-8-9-11-33(32)38)48-43(53)49-36-24-29(44(2,3)4)25-37(41(36)57-6)50-60(7,54)55/h8-16,18,24-28,50H,17,19-23H2,1-7H3,(H,45,47)(H,46,52)(H2,48,49,53)/t28-/m1/s1. The van der Waals surface area contributed by atoms with Crippen LogP contribution in [0.25, 0.3) is 10.8 Å². The fraction of sp³-hybridized carbons (Fsp3) is 0.341. The van der Waals surface area contributed by atoms with Crippen molar-refractivity contribution in [1.82, 2.24) is 15.2 Å². The topological polar surface area (TPSA) is 181 Å². The molecular formula is C44H53N7O8S. The number of nitrogens with zero attached hydrogens (tertiary/aromatic N) is 2. The number of carbonyl (C=O) groups excluding carboxylic acids is 2. The Hall–Kier alpha value is -6.10. The monoisotopic (exact) mass is 839 g/mol. The molecule has 3 amide bonds. The Labute approximate surface area is 351 Å². The molecule has 0 bridgehead atoms. The van der Waals surface area contributed by atoms with E-state index >= 15 is 0 Å². The van der Waals surface area contributed by atoms with E-state index in [0.29, 0.717) is 45.7 Å². The Morgan fingerprint density at radius 2 is 1.58 bits per heavy atom. The molecule has 16 heteroatoms. The van der Waals surface area contributed by atoms with Crippen LogP contribution in [0.3, 0.4) is 0 Å². The zero-order chi connectivity index (χ0) is 43.0. The quantitative estimate of drug-likeness (QED) is 0.0691. The van der Waals surface area contributed by atoms with Crippen molar-refractivity contribution in [2.45, 2.75) is 45.6 Å². The summed E-state index contributed by atoms with van der Waals surface area (Å²) in [6.45, 7) is 12.1. The van der Waals surface area contributed by atoms with Crippen LogP contribution in [0.5, 0.6) is 23.0 Å². The number of hydrogen-bond acceptors (Lipinski definition) is 11. The Kier molecular flexibility index (Phi) is 13.7. The number of pyridine rings is 1. The van der Waals surface area contributed by atoms with E-state index in [4.69, 9.17) is 18.9 Å². The number of urea groups is 1. The second-order valence-electron chi connectivity index (χ2n) is 15.6. The molecule has 1 aliphatic rings. The van der Waals surface area contributed by atoms with Crippen molar-refractivity contribution in [3.05, 3.63) is 96.2 Å². The van der Waals surface area contributed by atoms with Gasteiger partial charge in [0.1, 0.15) is 23.1 Å². The van der Waals surface area contributed by atoms with Gasteiger partial charge >= 0.3 is 6.03 Å². The van der Waals surface area contributed by atoms with Crippen molar-refractivity contribution in [2.75, 3.05) is 74.0 Å². The molecule has 15 nitrogen and oxygen atoms in total. The predicted molar refractivity (Wildman–Crippen MR) is 236 cm³/mol. The maximum atomic E-state index is 13.5. The molecule has 1 aromatic heterocycles. The first-order valence-electron chi connectivity index (χ1n) is 19.6. The van der Waals surface area contributed by atoms with E-state index in [1.807, 2.05) is 52.0 Å². The van der Waals surface area contributed by atoms with Gasteiger partial charge in [0.2, 0.25) is 10.0 Å². The first-order chi connectivity index (χ1) is 28.6. The highest BCUT2D eigenvalue weighted by molar-refractivity contribution is 7.92. The molecule has 60 heavy (non-hydrogen) atoms. The Balaban J connectivity index is 1.14. The second kappa shape index (κ2) is 18.9. The highest BCUT2D eigenvalue weighted by atomic mass is 32.2. The Bertz CT molecular complexity index is 2450. The summed E-state index contributed by atoms with van der Waals surface area (Å²) >= 11 is 0. The van der Waals surface area contributed by atoms with E-state index in [9.17, 15) is 18.0 Å². The van der Waals surface area contributed by atoms with Gasteiger partial charge in [0.05, 0.1) is 56.3 Å². The van der Waals surface area contributed by atoms with E-state index in [2.05, 4.69) is 35.9 Å². The first kappa shape index (κ1) is 43.5. The molecule has 4 aromatic carbocycles. The summed E-state index contributed by atoms with van der Waals surface area (Å²) in [5.74, 6) is 1.94. The zero-order valence-corrected chi connectivity index (χ0v) is 35.8. The van der Waals surface area contributed by atoms with Gasteiger partial charge in [0.15, 0.2) is 5.75 Å². The maximum absolute atomic E-state index is 13.5. The summed E-state index contributed by atoms with van der Waals surface area (Å²) in [6, 6.07) is 22.6. The van der Waals surface area contributed by atoms with Crippen LogP contribution < -0.4 is 40.2 Å². The third kappa shape index (κ3) is 11.3. The number of amides is 3. The molecule has 0 unspecified atom stereocenters. The van der Waals surface area contributed by atoms with E-state index in [1.165, 1.54) is 14.2 Å². The second-order valence-corrected chi connectivity index (χ2v) is 17.3. The lowest BCUT2D eigenvalue weighted by Gasteiger charge is -2.27. The summed E-state index contributed by atoms with van der Waals surface area (Å²) in [4.78, 5) is 33.5. The van der Waals surface area contributed by atoms with Crippen molar-refractivity contribution in [1.29, 1.82) is 0 Å². The van der Waals surface area contributed by atoms with Crippen LogP contribution >= 0.6 is 0 Å². The van der Waals surface area contributed by atoms with Gasteiger partial charge in [-0.05, 0) is 66.8 Å². The first-order valence-corrected chi connectivity index (χ1v) is 21.5. The Morgan fingerprint density at radius 3 is 2.28 bits per heavy atom. The highest BCUT2D eigenvalue weighted by Gasteiger charge is 2.23. The lowest BCUT2D eigenvalue weighted by Crippen LogP contribution is -2.40. The van der Waals surface area contributed by atoms with Crippen LogP contribution in [0.4, 0.5) is 33.4 Å². The number of aromatic nitrogens is 1. The summed E-state index contributed by atoms with van der Waals surface area (Å²) in [5.41, 5.74) is 2.52. The minimum atomic E-state index is -3.64. The number of methoxy groups -OCH3 is 2. The van der Waals surface area contributed by atoms with Gasteiger partial charge in [0, 0.05) is 60.5 Å². The van der Waals surface area contributed by atoms with Crippen molar-refractivity contribution < 1.29 is 37.0 Å². The van der Waals surface area contributed by atoms with Crippen LogP contribution in [0.2, 0.25) is 0 Å². The number of fused-ring (bicyclic) bond motifs is 1. The van der Waals surface area contributed by atoms with Crippen molar-refractivity contribution in [3.63, 3.8) is 0 Å². The van der Waals surface area contributed by atoms with E-state index in [-0.39, 0.29) is 28.8 Å². The average molecular weight is 840 g/mol. The summed E-state index contributed by atoms with van der Waals surface area (Å²) in [5, 5.41) is 13.6. The molecule has 2 heterocycles. The van der Waals surface area contributed by atoms with E-state index in [1.54, 1.807) is 60.8 Å². The highest BCUT2D eigenvalue weighted by Crippen LogP contribution is 2.40. The van der Waals surface area contributed by atoms with Crippen LogP contribution in [-0.4, -0.2) is 89.6 Å². The number of hydrogen-bond donors (Lipinski definition) is 5. The average Bonchev–Trinajstić information content (AvgIpc) is 3.20. The van der Waals surface area contributed by atoms with Crippen LogP contribution in [-0.2, 0) is 20.2 Å². The van der Waals surface area contributed by atoms with Gasteiger partial charge in [0.25, 0.3) is 5.91 Å². The van der Waals surface area contributed by atoms with Crippen molar-refractivity contribution >= 4 is 61.3 Å². The number of carbonyl (C=O) groups is 2. The van der Waals surface area contributed by atoms with Crippen LogP contribution in [0.15, 0.2) is 85.1 Å². The SMILES string of the molecule is COc1cc(Nc2cc(Oc3ccc(NC(=O)Nc4cc(C(C)(C)C)cc(NS(C)(=O)=O)c4OC)c4ccccc34)ccn2)ccc1C(=O)N[C@H](C)CCN1CCOCC1. The summed E-state index contributed by atoms with van der Waals surface area (Å²) in [6.07, 6.45) is 3.50. The molecule has 0 aliphatic carbocycles. The van der Waals surface area contributed by atoms with Crippen LogP contribution in [0.1, 0.15) is 50.0 Å². The fourth-order valence-electron chi connectivity index (χ4n) is 6.74. The van der Waals surface area contributed by atoms with E-state index in [0.717, 1.165) is 61.9 Å². The molecule has 1 fully saturated rings. The number of sulfonamides is 1. The molecular weight excluding hydrogens is 787 g/mol. The third-order valence-electron chi connectivity index (χ3n) is 9.87. The lowest BCUT2D eigenvalue weighted by molar-refractivity contribution is 0.0363. The lowest BCUT2D eigenvalue weighted by atomic mass is 9.86. The maximum Gasteiger partial charge on any atom is 0.323 e. The Morgan fingerprint density at radius 1 is 0.867 bits per heavy atom. The molecule has 0 radical (unpaired) electrons. The number of nitrogens with one attached hydrogen (secondary N) is 5. The summed E-state index contributed by atoms with van der Waals surface area (Å²) < 4.78 is 49.8. The molecule has 318 valence electrons. The molecule has 1 atom stereocenters. The number of rotatable bonds is 15. The number of anilines is 5. The number of benzene rings is 4. The molecule has 0 saturated carbocycles.